The molecule has 0 saturated carbocycles. The molecule has 142 valence electrons. The molecule has 1 unspecified atom stereocenters. The minimum absolute atomic E-state index is 0.207. The predicted octanol–water partition coefficient (Wildman–Crippen LogP) is 3.88. The monoisotopic (exact) mass is 383 g/mol. The fraction of sp³-hybridized carbons (Fsp3) is 0.381. The topological polar surface area (TPSA) is 37.0 Å². The average Bonchev–Trinajstić information content (AvgIpc) is 3.37. The van der Waals surface area contributed by atoms with E-state index in [0.717, 1.165) is 23.7 Å². The van der Waals surface area contributed by atoms with Crippen molar-refractivity contribution < 1.29 is 9.47 Å². The molecule has 5 nitrogen and oxygen atoms in total. The lowest BCUT2D eigenvalue weighted by molar-refractivity contribution is 0.174. The van der Waals surface area contributed by atoms with E-state index in [1.165, 1.54) is 31.5 Å². The Morgan fingerprint density at radius 2 is 1.85 bits per heavy atom. The van der Waals surface area contributed by atoms with Crippen molar-refractivity contribution in [3.63, 3.8) is 0 Å². The Balaban J connectivity index is 1.49. The van der Waals surface area contributed by atoms with E-state index >= 15 is 0 Å². The maximum atomic E-state index is 5.73. The van der Waals surface area contributed by atoms with Gasteiger partial charge in [-0.25, -0.2) is 0 Å². The van der Waals surface area contributed by atoms with Crippen LogP contribution >= 0.6 is 12.2 Å². The van der Waals surface area contributed by atoms with Gasteiger partial charge in [-0.2, -0.15) is 0 Å². The van der Waals surface area contributed by atoms with Crippen LogP contribution in [0.25, 0.3) is 0 Å². The summed E-state index contributed by atoms with van der Waals surface area (Å²) in [6, 6.07) is 16.6. The van der Waals surface area contributed by atoms with Gasteiger partial charge in [0, 0.05) is 25.3 Å². The molecule has 0 radical (unpaired) electrons. The zero-order valence-corrected chi connectivity index (χ0v) is 16.4. The van der Waals surface area contributed by atoms with Crippen LogP contribution in [0.1, 0.15) is 24.4 Å². The molecular weight excluding hydrogens is 358 g/mol. The average molecular weight is 384 g/mol. The summed E-state index contributed by atoms with van der Waals surface area (Å²) in [6.07, 6.45) is 2.57. The van der Waals surface area contributed by atoms with Gasteiger partial charge in [0.15, 0.2) is 16.6 Å². The van der Waals surface area contributed by atoms with Crippen LogP contribution in [0.2, 0.25) is 0 Å². The molecule has 0 aliphatic carbocycles. The molecule has 2 aliphatic heterocycles. The van der Waals surface area contributed by atoms with E-state index in [2.05, 4.69) is 52.5 Å². The number of likely N-dealkylation sites (N-methyl/N-ethyl adjacent to an activating group) is 1. The van der Waals surface area contributed by atoms with Crippen LogP contribution < -0.4 is 14.8 Å². The Labute approximate surface area is 165 Å². The second kappa shape index (κ2) is 8.15. The first kappa shape index (κ1) is 18.1. The lowest BCUT2D eigenvalue weighted by Crippen LogP contribution is -2.40. The standard InChI is InChI=1S/C21H25N3O2S/c1-23(21(27)22-17-9-10-19-20(13-17)26-15-25-19)18(14-24-11-5-6-12-24)16-7-3-2-4-8-16/h2-4,7-10,13,18H,5-6,11-12,14-15H2,1H3,(H,22,27). The van der Waals surface area contributed by atoms with E-state index in [4.69, 9.17) is 21.7 Å². The number of likely N-dealkylation sites (tertiary alicyclic amines) is 1. The van der Waals surface area contributed by atoms with Crippen LogP contribution in [0, 0.1) is 0 Å². The van der Waals surface area contributed by atoms with Crippen molar-refractivity contribution in [1.82, 2.24) is 9.80 Å². The van der Waals surface area contributed by atoms with Crippen LogP contribution in [0.3, 0.4) is 0 Å². The zero-order valence-electron chi connectivity index (χ0n) is 15.6. The summed E-state index contributed by atoms with van der Waals surface area (Å²) < 4.78 is 10.8. The van der Waals surface area contributed by atoms with Crippen molar-refractivity contribution in [2.24, 2.45) is 0 Å². The molecule has 1 saturated heterocycles. The smallest absolute Gasteiger partial charge is 0.231 e. The Kier molecular flexibility index (Phi) is 5.45. The minimum atomic E-state index is 0.207. The third-order valence-corrected chi connectivity index (χ3v) is 5.62. The first-order valence-electron chi connectivity index (χ1n) is 9.41. The Morgan fingerprint density at radius 1 is 1.11 bits per heavy atom. The van der Waals surface area contributed by atoms with Gasteiger partial charge < -0.3 is 24.6 Å². The van der Waals surface area contributed by atoms with Crippen molar-refractivity contribution in [3.8, 4) is 11.5 Å². The maximum Gasteiger partial charge on any atom is 0.231 e. The third kappa shape index (κ3) is 4.17. The predicted molar refractivity (Wildman–Crippen MR) is 111 cm³/mol. The van der Waals surface area contributed by atoms with Crippen molar-refractivity contribution in [2.45, 2.75) is 18.9 Å². The summed E-state index contributed by atoms with van der Waals surface area (Å²) in [4.78, 5) is 4.69. The number of hydrogen-bond donors (Lipinski definition) is 1. The van der Waals surface area contributed by atoms with Gasteiger partial charge >= 0.3 is 0 Å². The van der Waals surface area contributed by atoms with E-state index in [0.29, 0.717) is 5.11 Å². The number of benzene rings is 2. The minimum Gasteiger partial charge on any atom is -0.454 e. The van der Waals surface area contributed by atoms with Gasteiger partial charge in [-0.05, 0) is 55.8 Å². The van der Waals surface area contributed by atoms with Crippen LogP contribution in [-0.2, 0) is 0 Å². The van der Waals surface area contributed by atoms with Gasteiger partial charge in [0.2, 0.25) is 6.79 Å². The first-order chi connectivity index (χ1) is 13.2. The van der Waals surface area contributed by atoms with E-state index in [1.807, 2.05) is 18.2 Å². The summed E-state index contributed by atoms with van der Waals surface area (Å²) in [5, 5.41) is 4.05. The number of rotatable bonds is 5. The number of ether oxygens (including phenoxy) is 2. The van der Waals surface area contributed by atoms with Gasteiger partial charge in [-0.3, -0.25) is 0 Å². The van der Waals surface area contributed by atoms with Crippen molar-refractivity contribution in [2.75, 3.05) is 38.8 Å². The molecule has 0 bridgehead atoms. The highest BCUT2D eigenvalue weighted by Crippen LogP contribution is 2.34. The van der Waals surface area contributed by atoms with Gasteiger partial charge in [0.05, 0.1) is 6.04 Å². The van der Waals surface area contributed by atoms with Crippen LogP contribution in [-0.4, -0.2) is 48.4 Å². The van der Waals surface area contributed by atoms with Gasteiger partial charge in [0.1, 0.15) is 0 Å². The highest BCUT2D eigenvalue weighted by atomic mass is 32.1. The number of hydrogen-bond acceptors (Lipinski definition) is 4. The molecule has 0 spiro atoms. The molecule has 4 rings (SSSR count). The summed E-state index contributed by atoms with van der Waals surface area (Å²) >= 11 is 5.73. The summed E-state index contributed by atoms with van der Waals surface area (Å²) in [5.74, 6) is 1.53. The number of fused-ring (bicyclic) bond motifs is 1. The van der Waals surface area contributed by atoms with Gasteiger partial charge in [0.25, 0.3) is 0 Å². The molecule has 1 atom stereocenters. The van der Waals surface area contributed by atoms with Crippen LogP contribution in [0.4, 0.5) is 5.69 Å². The molecule has 27 heavy (non-hydrogen) atoms. The van der Waals surface area contributed by atoms with E-state index < -0.39 is 0 Å². The van der Waals surface area contributed by atoms with E-state index in [-0.39, 0.29) is 12.8 Å². The molecule has 2 aromatic rings. The second-order valence-electron chi connectivity index (χ2n) is 7.04. The molecule has 2 aliphatic rings. The summed E-state index contributed by atoms with van der Waals surface area (Å²) in [6.45, 7) is 3.58. The van der Waals surface area contributed by atoms with Gasteiger partial charge in [-0.15, -0.1) is 0 Å². The zero-order chi connectivity index (χ0) is 18.6. The molecule has 0 aromatic heterocycles. The highest BCUT2D eigenvalue weighted by molar-refractivity contribution is 7.80. The summed E-state index contributed by atoms with van der Waals surface area (Å²) in [7, 11) is 2.07. The summed E-state index contributed by atoms with van der Waals surface area (Å²) in [5.41, 5.74) is 2.19. The van der Waals surface area contributed by atoms with Gasteiger partial charge in [-0.1, -0.05) is 30.3 Å². The van der Waals surface area contributed by atoms with Crippen molar-refractivity contribution in [1.29, 1.82) is 0 Å². The lowest BCUT2D eigenvalue weighted by atomic mass is 10.1. The second-order valence-corrected chi connectivity index (χ2v) is 7.43. The highest BCUT2D eigenvalue weighted by Gasteiger charge is 2.24. The fourth-order valence-corrected chi connectivity index (χ4v) is 3.91. The van der Waals surface area contributed by atoms with E-state index in [9.17, 15) is 0 Å². The normalized spacial score (nSPS) is 16.9. The Hall–Kier alpha value is -2.31. The number of thiocarbonyl (C=S) groups is 1. The molecular formula is C21H25N3O2S. The molecule has 1 N–H and O–H groups in total. The molecule has 1 fully saturated rings. The number of nitrogens with zero attached hydrogens (tertiary/aromatic N) is 2. The fourth-order valence-electron chi connectivity index (χ4n) is 3.66. The molecule has 6 heteroatoms. The largest absolute Gasteiger partial charge is 0.454 e. The SMILES string of the molecule is CN(C(=S)Nc1ccc2c(c1)OCO2)C(CN1CCCC1)c1ccccc1. The maximum absolute atomic E-state index is 5.73. The molecule has 2 aromatic carbocycles. The molecule has 0 amide bonds. The quantitative estimate of drug-likeness (QED) is 0.790. The van der Waals surface area contributed by atoms with E-state index in [1.54, 1.807) is 0 Å². The van der Waals surface area contributed by atoms with Crippen molar-refractivity contribution >= 4 is 23.0 Å². The number of anilines is 1. The third-order valence-electron chi connectivity index (χ3n) is 5.23. The first-order valence-corrected chi connectivity index (χ1v) is 9.82. The lowest BCUT2D eigenvalue weighted by Gasteiger charge is -2.34. The molecule has 2 heterocycles. The van der Waals surface area contributed by atoms with Crippen LogP contribution in [0.15, 0.2) is 48.5 Å². The van der Waals surface area contributed by atoms with Crippen LogP contribution in [0.5, 0.6) is 11.5 Å². The Bertz CT molecular complexity index is 793. The Morgan fingerprint density at radius 3 is 2.63 bits per heavy atom. The number of nitrogens with one attached hydrogen (secondary N) is 1. The van der Waals surface area contributed by atoms with Crippen molar-refractivity contribution in [3.05, 3.63) is 54.1 Å².